The SMILES string of the molecule is O=C1C(CO)c2[nH]c3ccccc3c2CCCN1Cc1ccccc1. The molecule has 0 radical (unpaired) electrons. The lowest BCUT2D eigenvalue weighted by atomic mass is 9.94. The Balaban J connectivity index is 1.70. The Bertz CT molecular complexity index is 885. The lowest BCUT2D eigenvalue weighted by Crippen LogP contribution is -2.38. The van der Waals surface area contributed by atoms with Crippen LogP contribution in [0.3, 0.4) is 0 Å². The highest BCUT2D eigenvalue weighted by atomic mass is 16.3. The number of rotatable bonds is 3. The van der Waals surface area contributed by atoms with Gasteiger partial charge in [0.15, 0.2) is 0 Å². The van der Waals surface area contributed by atoms with Gasteiger partial charge in [-0.3, -0.25) is 4.79 Å². The number of H-pyrrole nitrogens is 1. The highest BCUT2D eigenvalue weighted by molar-refractivity contribution is 5.90. The van der Waals surface area contributed by atoms with Crippen molar-refractivity contribution in [1.82, 2.24) is 9.88 Å². The predicted molar refractivity (Wildman–Crippen MR) is 98.3 cm³/mol. The Morgan fingerprint density at radius 3 is 2.64 bits per heavy atom. The van der Waals surface area contributed by atoms with Crippen molar-refractivity contribution in [3.05, 3.63) is 71.4 Å². The second-order valence-corrected chi connectivity index (χ2v) is 6.65. The first kappa shape index (κ1) is 15.9. The number of nitrogens with one attached hydrogen (secondary N) is 1. The molecule has 4 nitrogen and oxygen atoms in total. The third-order valence-electron chi connectivity index (χ3n) is 5.06. The zero-order chi connectivity index (χ0) is 17.2. The number of aromatic nitrogens is 1. The lowest BCUT2D eigenvalue weighted by Gasteiger charge is -2.29. The van der Waals surface area contributed by atoms with E-state index < -0.39 is 5.92 Å². The van der Waals surface area contributed by atoms with Crippen LogP contribution in [-0.4, -0.2) is 34.0 Å². The summed E-state index contributed by atoms with van der Waals surface area (Å²) in [7, 11) is 0. The zero-order valence-corrected chi connectivity index (χ0v) is 14.1. The maximum Gasteiger partial charge on any atom is 0.234 e. The van der Waals surface area contributed by atoms with E-state index in [1.807, 2.05) is 53.4 Å². The van der Waals surface area contributed by atoms with E-state index in [1.165, 1.54) is 10.9 Å². The molecular formula is C21H22N2O2. The summed E-state index contributed by atoms with van der Waals surface area (Å²) in [4.78, 5) is 18.4. The van der Waals surface area contributed by atoms with E-state index >= 15 is 0 Å². The van der Waals surface area contributed by atoms with Gasteiger partial charge in [0.1, 0.15) is 5.92 Å². The first-order chi connectivity index (χ1) is 12.3. The van der Waals surface area contributed by atoms with Crippen molar-refractivity contribution in [2.24, 2.45) is 0 Å². The highest BCUT2D eigenvalue weighted by Crippen LogP contribution is 2.32. The second kappa shape index (κ2) is 6.73. The van der Waals surface area contributed by atoms with Crippen LogP contribution < -0.4 is 0 Å². The molecule has 1 aliphatic heterocycles. The molecule has 1 aromatic heterocycles. The minimum Gasteiger partial charge on any atom is -0.395 e. The fourth-order valence-corrected chi connectivity index (χ4v) is 3.82. The molecule has 2 N–H and O–H groups in total. The van der Waals surface area contributed by atoms with E-state index in [4.69, 9.17) is 0 Å². The number of nitrogens with zero attached hydrogens (tertiary/aromatic N) is 1. The van der Waals surface area contributed by atoms with Crippen LogP contribution in [0.5, 0.6) is 0 Å². The maximum absolute atomic E-state index is 13.1. The molecule has 1 aliphatic rings. The van der Waals surface area contributed by atoms with Crippen LogP contribution in [-0.2, 0) is 17.8 Å². The number of aryl methyl sites for hydroxylation is 1. The minimum absolute atomic E-state index is 0.00106. The summed E-state index contributed by atoms with van der Waals surface area (Å²) in [5.41, 5.74) is 4.22. The molecule has 1 unspecified atom stereocenters. The second-order valence-electron chi connectivity index (χ2n) is 6.65. The number of carbonyl (C=O) groups is 1. The molecule has 0 fully saturated rings. The number of fused-ring (bicyclic) bond motifs is 3. The van der Waals surface area contributed by atoms with Gasteiger partial charge in [0.25, 0.3) is 0 Å². The number of hydrogen-bond acceptors (Lipinski definition) is 2. The molecule has 0 saturated heterocycles. The van der Waals surface area contributed by atoms with Gasteiger partial charge in [0.2, 0.25) is 5.91 Å². The van der Waals surface area contributed by atoms with Gasteiger partial charge in [0, 0.05) is 29.7 Å². The Kier molecular flexibility index (Phi) is 4.28. The Labute approximate surface area is 147 Å². The van der Waals surface area contributed by atoms with Crippen LogP contribution in [0.4, 0.5) is 0 Å². The normalized spacial score (nSPS) is 18.0. The van der Waals surface area contributed by atoms with Gasteiger partial charge in [-0.05, 0) is 30.0 Å². The molecule has 0 bridgehead atoms. The zero-order valence-electron chi connectivity index (χ0n) is 14.1. The van der Waals surface area contributed by atoms with Gasteiger partial charge in [-0.2, -0.15) is 0 Å². The number of aliphatic hydroxyl groups excluding tert-OH is 1. The molecule has 0 aliphatic carbocycles. The molecule has 4 heteroatoms. The van der Waals surface area contributed by atoms with Crippen molar-refractivity contribution < 1.29 is 9.90 Å². The van der Waals surface area contributed by atoms with Crippen molar-refractivity contribution in [1.29, 1.82) is 0 Å². The van der Waals surface area contributed by atoms with Gasteiger partial charge in [0.05, 0.1) is 6.61 Å². The summed E-state index contributed by atoms with van der Waals surface area (Å²) >= 11 is 0. The topological polar surface area (TPSA) is 56.3 Å². The quantitative estimate of drug-likeness (QED) is 0.773. The van der Waals surface area contributed by atoms with E-state index in [1.54, 1.807) is 0 Å². The number of para-hydroxylation sites is 1. The molecule has 0 saturated carbocycles. The van der Waals surface area contributed by atoms with Crippen LogP contribution in [0.2, 0.25) is 0 Å². The summed E-state index contributed by atoms with van der Waals surface area (Å²) in [6.07, 6.45) is 1.83. The summed E-state index contributed by atoms with van der Waals surface area (Å²) in [6, 6.07) is 18.2. The van der Waals surface area contributed by atoms with Crippen LogP contribution in [0.25, 0.3) is 10.9 Å². The molecule has 4 rings (SSSR count). The molecule has 1 atom stereocenters. The Hall–Kier alpha value is -2.59. The van der Waals surface area contributed by atoms with E-state index in [-0.39, 0.29) is 12.5 Å². The number of aliphatic hydroxyl groups is 1. The van der Waals surface area contributed by atoms with Crippen LogP contribution in [0.15, 0.2) is 54.6 Å². The number of benzene rings is 2. The Morgan fingerprint density at radius 2 is 1.84 bits per heavy atom. The Morgan fingerprint density at radius 1 is 1.08 bits per heavy atom. The van der Waals surface area contributed by atoms with Gasteiger partial charge in [-0.25, -0.2) is 0 Å². The molecule has 0 spiro atoms. The van der Waals surface area contributed by atoms with Crippen molar-refractivity contribution in [3.63, 3.8) is 0 Å². The third kappa shape index (κ3) is 2.94. The number of hydrogen-bond donors (Lipinski definition) is 2. The summed E-state index contributed by atoms with van der Waals surface area (Å²) < 4.78 is 0. The van der Waals surface area contributed by atoms with Crippen molar-refractivity contribution in [3.8, 4) is 0 Å². The maximum atomic E-state index is 13.1. The summed E-state index contributed by atoms with van der Waals surface area (Å²) in [5.74, 6) is -0.523. The van der Waals surface area contributed by atoms with Gasteiger partial charge in [-0.15, -0.1) is 0 Å². The fraction of sp³-hybridized carbons (Fsp3) is 0.286. The minimum atomic E-state index is -0.522. The van der Waals surface area contributed by atoms with Crippen LogP contribution in [0.1, 0.15) is 29.2 Å². The standard InChI is InChI=1S/C21H22N2O2/c24-14-18-20-17(16-9-4-5-11-19(16)22-20)10-6-12-23(21(18)25)13-15-7-2-1-3-8-15/h1-5,7-9,11,18,22,24H,6,10,12-14H2. The van der Waals surface area contributed by atoms with Gasteiger partial charge in [-0.1, -0.05) is 48.5 Å². The monoisotopic (exact) mass is 334 g/mol. The summed E-state index contributed by atoms with van der Waals surface area (Å²) in [6.45, 7) is 1.12. The van der Waals surface area contributed by atoms with Gasteiger partial charge >= 0.3 is 0 Å². The van der Waals surface area contributed by atoms with Crippen molar-refractivity contribution in [2.75, 3.05) is 13.2 Å². The van der Waals surface area contributed by atoms with E-state index in [9.17, 15) is 9.90 Å². The average Bonchev–Trinajstić information content (AvgIpc) is 2.99. The number of carbonyl (C=O) groups excluding carboxylic acids is 1. The van der Waals surface area contributed by atoms with Crippen LogP contribution >= 0.6 is 0 Å². The smallest absolute Gasteiger partial charge is 0.234 e. The first-order valence-corrected chi connectivity index (χ1v) is 8.81. The molecule has 1 amide bonds. The number of aromatic amines is 1. The molecule has 2 heterocycles. The molecule has 128 valence electrons. The molecule has 2 aromatic carbocycles. The fourth-order valence-electron chi connectivity index (χ4n) is 3.82. The molecular weight excluding hydrogens is 312 g/mol. The van der Waals surface area contributed by atoms with Crippen LogP contribution in [0, 0.1) is 0 Å². The largest absolute Gasteiger partial charge is 0.395 e. The number of amides is 1. The van der Waals surface area contributed by atoms with E-state index in [0.717, 1.165) is 29.6 Å². The lowest BCUT2D eigenvalue weighted by molar-refractivity contribution is -0.134. The van der Waals surface area contributed by atoms with Crippen molar-refractivity contribution in [2.45, 2.75) is 25.3 Å². The van der Waals surface area contributed by atoms with E-state index in [2.05, 4.69) is 11.1 Å². The highest BCUT2D eigenvalue weighted by Gasteiger charge is 2.31. The van der Waals surface area contributed by atoms with Crippen molar-refractivity contribution >= 4 is 16.8 Å². The van der Waals surface area contributed by atoms with E-state index in [0.29, 0.717) is 13.1 Å². The predicted octanol–water partition coefficient (Wildman–Crippen LogP) is 3.22. The van der Waals surface area contributed by atoms with Gasteiger partial charge < -0.3 is 15.0 Å². The third-order valence-corrected chi connectivity index (χ3v) is 5.06. The first-order valence-electron chi connectivity index (χ1n) is 8.81. The summed E-state index contributed by atoms with van der Waals surface area (Å²) in [5, 5.41) is 11.1. The molecule has 25 heavy (non-hydrogen) atoms. The molecule has 3 aromatic rings. The average molecular weight is 334 g/mol.